The summed E-state index contributed by atoms with van der Waals surface area (Å²) in [6.45, 7) is 3.91. The third-order valence-corrected chi connectivity index (χ3v) is 9.41. The number of hydrogen-bond donors (Lipinski definition) is 2. The summed E-state index contributed by atoms with van der Waals surface area (Å²) in [7, 11) is -3.67. The summed E-state index contributed by atoms with van der Waals surface area (Å²) < 4.78 is 30.1. The highest BCUT2D eigenvalue weighted by atomic mass is 35.5. The summed E-state index contributed by atoms with van der Waals surface area (Å²) in [5.41, 5.74) is 1.57. The van der Waals surface area contributed by atoms with Gasteiger partial charge in [-0.3, -0.25) is 4.72 Å². The molecule has 1 fully saturated rings. The van der Waals surface area contributed by atoms with E-state index in [-0.39, 0.29) is 0 Å². The van der Waals surface area contributed by atoms with Crippen molar-refractivity contribution in [2.24, 2.45) is 11.8 Å². The molecule has 2 N–H and O–H groups in total. The zero-order chi connectivity index (χ0) is 21.8. The fraction of sp³-hybridized carbons (Fsp3) is 0.417. The molecule has 0 amide bonds. The van der Waals surface area contributed by atoms with Gasteiger partial charge >= 0.3 is 0 Å². The Balaban J connectivity index is 1.43. The van der Waals surface area contributed by atoms with E-state index < -0.39 is 10.0 Å². The SMILES string of the molecule is CC(CNCc1ccccc1NS(=O)(=O)c1cc2cc(Cl)ccc2s1)C1CCCCC1. The first-order valence-electron chi connectivity index (χ1n) is 10.9. The van der Waals surface area contributed by atoms with Gasteiger partial charge in [0.25, 0.3) is 10.0 Å². The third-order valence-electron chi connectivity index (χ3n) is 6.22. The van der Waals surface area contributed by atoms with Gasteiger partial charge in [0, 0.05) is 16.3 Å². The summed E-state index contributed by atoms with van der Waals surface area (Å²) in [6.07, 6.45) is 6.74. The molecular formula is C24H29ClN2O2S2. The van der Waals surface area contributed by atoms with Crippen LogP contribution in [0.3, 0.4) is 0 Å². The lowest BCUT2D eigenvalue weighted by atomic mass is 9.81. The molecule has 1 aliphatic carbocycles. The van der Waals surface area contributed by atoms with Crippen molar-refractivity contribution >= 4 is 48.7 Å². The van der Waals surface area contributed by atoms with Gasteiger partial charge in [0.2, 0.25) is 0 Å². The number of sulfonamides is 1. The summed E-state index contributed by atoms with van der Waals surface area (Å²) in [5, 5.41) is 4.98. The second-order valence-corrected chi connectivity index (χ2v) is 11.9. The van der Waals surface area contributed by atoms with E-state index in [1.807, 2.05) is 30.3 Å². The van der Waals surface area contributed by atoms with Gasteiger partial charge in [-0.05, 0) is 59.7 Å². The summed E-state index contributed by atoms with van der Waals surface area (Å²) in [4.78, 5) is 0. The van der Waals surface area contributed by atoms with Gasteiger partial charge in [0.05, 0.1) is 5.69 Å². The van der Waals surface area contributed by atoms with Crippen molar-refractivity contribution in [2.75, 3.05) is 11.3 Å². The van der Waals surface area contributed by atoms with Gasteiger partial charge in [0.1, 0.15) is 4.21 Å². The van der Waals surface area contributed by atoms with Gasteiger partial charge in [-0.2, -0.15) is 0 Å². The fourth-order valence-electron chi connectivity index (χ4n) is 4.40. The fourth-order valence-corrected chi connectivity index (χ4v) is 7.06. The standard InChI is InChI=1S/C24H29ClN2O2S2/c1-17(18-7-3-2-4-8-18)15-26-16-19-9-5-6-10-22(19)27-31(28,29)24-14-20-13-21(25)11-12-23(20)30-24/h5-6,9-14,17-18,26-27H,2-4,7-8,15-16H2,1H3. The van der Waals surface area contributed by atoms with E-state index in [2.05, 4.69) is 17.0 Å². The molecule has 1 aliphatic rings. The van der Waals surface area contributed by atoms with Crippen molar-refractivity contribution in [3.05, 3.63) is 59.1 Å². The number of rotatable bonds is 8. The highest BCUT2D eigenvalue weighted by molar-refractivity contribution is 7.94. The van der Waals surface area contributed by atoms with Crippen molar-refractivity contribution in [3.8, 4) is 0 Å². The Kier molecular flexibility index (Phi) is 7.22. The van der Waals surface area contributed by atoms with E-state index >= 15 is 0 Å². The molecular weight excluding hydrogens is 448 g/mol. The second-order valence-electron chi connectivity index (χ2n) is 8.52. The first kappa shape index (κ1) is 22.6. The van der Waals surface area contributed by atoms with Crippen molar-refractivity contribution < 1.29 is 8.42 Å². The molecule has 0 bridgehead atoms. The average Bonchev–Trinajstić information content (AvgIpc) is 3.19. The van der Waals surface area contributed by atoms with Crippen LogP contribution in [0.2, 0.25) is 5.02 Å². The van der Waals surface area contributed by atoms with Crippen molar-refractivity contribution in [3.63, 3.8) is 0 Å². The van der Waals surface area contributed by atoms with Crippen LogP contribution in [0.1, 0.15) is 44.6 Å². The van der Waals surface area contributed by atoms with E-state index in [4.69, 9.17) is 11.6 Å². The van der Waals surface area contributed by atoms with Crippen LogP contribution in [0.5, 0.6) is 0 Å². The molecule has 1 aromatic heterocycles. The Morgan fingerprint density at radius 3 is 2.68 bits per heavy atom. The predicted molar refractivity (Wildman–Crippen MR) is 132 cm³/mol. The van der Waals surface area contributed by atoms with E-state index in [0.29, 0.717) is 27.4 Å². The van der Waals surface area contributed by atoms with E-state index in [1.54, 1.807) is 18.2 Å². The molecule has 4 rings (SSSR count). The van der Waals surface area contributed by atoms with Crippen LogP contribution in [0.25, 0.3) is 10.1 Å². The molecule has 4 nitrogen and oxygen atoms in total. The lowest BCUT2D eigenvalue weighted by molar-refractivity contribution is 0.256. The number of anilines is 1. The molecule has 0 radical (unpaired) electrons. The number of halogens is 1. The molecule has 0 spiro atoms. The van der Waals surface area contributed by atoms with Gasteiger partial charge in [-0.15, -0.1) is 11.3 Å². The highest BCUT2D eigenvalue weighted by Crippen LogP contribution is 2.33. The molecule has 166 valence electrons. The van der Waals surface area contributed by atoms with Crippen LogP contribution < -0.4 is 10.0 Å². The first-order valence-corrected chi connectivity index (χ1v) is 13.6. The summed E-state index contributed by atoms with van der Waals surface area (Å²) >= 11 is 7.30. The predicted octanol–water partition coefficient (Wildman–Crippen LogP) is 6.66. The van der Waals surface area contributed by atoms with Crippen molar-refractivity contribution in [2.45, 2.75) is 49.8 Å². The lowest BCUT2D eigenvalue weighted by Crippen LogP contribution is -2.27. The molecule has 0 aliphatic heterocycles. The molecule has 1 atom stereocenters. The van der Waals surface area contributed by atoms with Crippen LogP contribution in [0.4, 0.5) is 5.69 Å². The Labute approximate surface area is 194 Å². The largest absolute Gasteiger partial charge is 0.312 e. The topological polar surface area (TPSA) is 58.2 Å². The van der Waals surface area contributed by atoms with Crippen LogP contribution in [-0.4, -0.2) is 15.0 Å². The van der Waals surface area contributed by atoms with Crippen LogP contribution in [0, 0.1) is 11.8 Å². The van der Waals surface area contributed by atoms with E-state index in [9.17, 15) is 8.42 Å². The lowest BCUT2D eigenvalue weighted by Gasteiger charge is -2.28. The van der Waals surface area contributed by atoms with E-state index in [1.165, 1.54) is 43.4 Å². The number of benzene rings is 2. The maximum atomic E-state index is 13.0. The molecule has 2 aromatic carbocycles. The smallest absolute Gasteiger partial charge is 0.271 e. The molecule has 3 aromatic rings. The van der Waals surface area contributed by atoms with Gasteiger partial charge in [-0.25, -0.2) is 8.42 Å². The van der Waals surface area contributed by atoms with Crippen LogP contribution in [0.15, 0.2) is 52.7 Å². The first-order chi connectivity index (χ1) is 14.9. The minimum atomic E-state index is -3.67. The molecule has 1 saturated carbocycles. The number of para-hydroxylation sites is 1. The van der Waals surface area contributed by atoms with Crippen molar-refractivity contribution in [1.29, 1.82) is 0 Å². The summed E-state index contributed by atoms with van der Waals surface area (Å²) in [6, 6.07) is 14.7. The minimum Gasteiger partial charge on any atom is -0.312 e. The second kappa shape index (κ2) is 9.90. The molecule has 1 unspecified atom stereocenters. The Bertz CT molecular complexity index is 1140. The van der Waals surface area contributed by atoms with Crippen LogP contribution in [-0.2, 0) is 16.6 Å². The van der Waals surface area contributed by atoms with Gasteiger partial charge in [0.15, 0.2) is 0 Å². The highest BCUT2D eigenvalue weighted by Gasteiger charge is 2.21. The minimum absolute atomic E-state index is 0.290. The zero-order valence-corrected chi connectivity index (χ0v) is 20.1. The maximum Gasteiger partial charge on any atom is 0.271 e. The summed E-state index contributed by atoms with van der Waals surface area (Å²) in [5.74, 6) is 1.44. The number of hydrogen-bond acceptors (Lipinski definition) is 4. The quantitative estimate of drug-likeness (QED) is 0.382. The van der Waals surface area contributed by atoms with Crippen molar-refractivity contribution in [1.82, 2.24) is 5.32 Å². The molecule has 31 heavy (non-hydrogen) atoms. The Morgan fingerprint density at radius 1 is 1.10 bits per heavy atom. The maximum absolute atomic E-state index is 13.0. The number of fused-ring (bicyclic) bond motifs is 1. The molecule has 7 heteroatoms. The number of nitrogens with one attached hydrogen (secondary N) is 2. The Hall–Kier alpha value is -1.60. The van der Waals surface area contributed by atoms with Crippen LogP contribution >= 0.6 is 22.9 Å². The number of thiophene rings is 1. The monoisotopic (exact) mass is 476 g/mol. The average molecular weight is 477 g/mol. The normalized spacial score (nSPS) is 16.5. The van der Waals surface area contributed by atoms with Gasteiger partial charge in [-0.1, -0.05) is 68.8 Å². The molecule has 0 saturated heterocycles. The molecule has 1 heterocycles. The van der Waals surface area contributed by atoms with Gasteiger partial charge < -0.3 is 5.32 Å². The third kappa shape index (κ3) is 5.61. The Morgan fingerprint density at radius 2 is 1.87 bits per heavy atom. The van der Waals surface area contributed by atoms with E-state index in [0.717, 1.165) is 28.1 Å². The zero-order valence-electron chi connectivity index (χ0n) is 17.7.